The maximum atomic E-state index is 12.7. The molecule has 3 aromatic rings. The van der Waals surface area contributed by atoms with Gasteiger partial charge >= 0.3 is 5.97 Å². The largest absolute Gasteiger partial charge is 0.493 e. The molecule has 31 heavy (non-hydrogen) atoms. The van der Waals surface area contributed by atoms with Gasteiger partial charge in [0.25, 0.3) is 0 Å². The Hall–Kier alpha value is -3.39. The van der Waals surface area contributed by atoms with Crippen molar-refractivity contribution in [3.63, 3.8) is 0 Å². The number of esters is 1. The molecular formula is C23H24N2O5S. The summed E-state index contributed by atoms with van der Waals surface area (Å²) in [7, 11) is 4.21. The molecule has 0 bridgehead atoms. The number of hydrogen-bond donors (Lipinski definition) is 1. The smallest absolute Gasteiger partial charge is 0.340 e. The van der Waals surface area contributed by atoms with Crippen LogP contribution >= 0.6 is 11.3 Å². The molecule has 0 aliphatic carbocycles. The van der Waals surface area contributed by atoms with Crippen LogP contribution in [0.5, 0.6) is 11.5 Å². The van der Waals surface area contributed by atoms with Crippen molar-refractivity contribution in [2.24, 2.45) is 0 Å². The van der Waals surface area contributed by atoms with E-state index >= 15 is 0 Å². The first-order valence-electron chi connectivity index (χ1n) is 9.66. The normalized spacial score (nSPS) is 10.5. The quantitative estimate of drug-likeness (QED) is 0.524. The van der Waals surface area contributed by atoms with E-state index in [2.05, 4.69) is 29.4 Å². The summed E-state index contributed by atoms with van der Waals surface area (Å²) in [6.45, 7) is 2.11. The van der Waals surface area contributed by atoms with Crippen LogP contribution in [0.3, 0.4) is 0 Å². The molecule has 162 valence electrons. The van der Waals surface area contributed by atoms with Crippen molar-refractivity contribution >= 4 is 28.9 Å². The van der Waals surface area contributed by atoms with Gasteiger partial charge < -0.3 is 19.5 Å². The summed E-state index contributed by atoms with van der Waals surface area (Å²) >= 11 is 1.49. The number of hydrogen-bond acceptors (Lipinski definition) is 7. The number of ether oxygens (including phenoxy) is 3. The molecule has 1 heterocycles. The number of carbonyl (C=O) groups excluding carboxylic acids is 2. The molecule has 0 radical (unpaired) electrons. The second-order valence-electron chi connectivity index (χ2n) is 6.66. The maximum absolute atomic E-state index is 12.7. The molecule has 0 saturated carbocycles. The highest BCUT2D eigenvalue weighted by Crippen LogP contribution is 2.34. The van der Waals surface area contributed by atoms with Crippen LogP contribution in [-0.4, -0.2) is 38.2 Å². The van der Waals surface area contributed by atoms with E-state index in [1.165, 1.54) is 50.4 Å². The summed E-state index contributed by atoms with van der Waals surface area (Å²) in [4.78, 5) is 29.4. The van der Waals surface area contributed by atoms with Gasteiger partial charge in [0.15, 0.2) is 11.5 Å². The van der Waals surface area contributed by atoms with Crippen LogP contribution in [0.4, 0.5) is 5.69 Å². The number of benzene rings is 2. The van der Waals surface area contributed by atoms with E-state index < -0.39 is 5.97 Å². The van der Waals surface area contributed by atoms with Gasteiger partial charge in [-0.2, -0.15) is 0 Å². The topological polar surface area (TPSA) is 86.8 Å². The predicted molar refractivity (Wildman–Crippen MR) is 120 cm³/mol. The number of anilines is 1. The molecule has 1 aromatic heterocycles. The van der Waals surface area contributed by atoms with E-state index in [9.17, 15) is 9.59 Å². The highest BCUT2D eigenvalue weighted by molar-refractivity contribution is 7.13. The number of aryl methyl sites for hydroxylation is 1. The van der Waals surface area contributed by atoms with Crippen LogP contribution in [0.2, 0.25) is 0 Å². The fraction of sp³-hybridized carbons (Fsp3) is 0.261. The minimum Gasteiger partial charge on any atom is -0.493 e. The van der Waals surface area contributed by atoms with Crippen LogP contribution in [0.1, 0.15) is 28.5 Å². The molecule has 8 heteroatoms. The van der Waals surface area contributed by atoms with Crippen molar-refractivity contribution < 1.29 is 23.8 Å². The van der Waals surface area contributed by atoms with Gasteiger partial charge in [-0.15, -0.1) is 11.3 Å². The molecule has 0 unspecified atom stereocenters. The third kappa shape index (κ3) is 5.21. The molecule has 0 fully saturated rings. The zero-order chi connectivity index (χ0) is 22.4. The van der Waals surface area contributed by atoms with Gasteiger partial charge in [-0.05, 0) is 12.0 Å². The summed E-state index contributed by atoms with van der Waals surface area (Å²) in [5.41, 5.74) is 3.37. The lowest BCUT2D eigenvalue weighted by molar-refractivity contribution is -0.115. The lowest BCUT2D eigenvalue weighted by Crippen LogP contribution is -2.17. The van der Waals surface area contributed by atoms with E-state index in [0.29, 0.717) is 17.2 Å². The second-order valence-corrected chi connectivity index (χ2v) is 7.52. The Morgan fingerprint density at radius 3 is 2.32 bits per heavy atom. The Balaban J connectivity index is 1.77. The third-order valence-electron chi connectivity index (χ3n) is 4.71. The number of carbonyl (C=O) groups is 2. The number of rotatable bonds is 8. The summed E-state index contributed by atoms with van der Waals surface area (Å²) in [6, 6.07) is 11.2. The minimum atomic E-state index is -0.595. The van der Waals surface area contributed by atoms with Gasteiger partial charge in [0.05, 0.1) is 44.7 Å². The first kappa shape index (κ1) is 22.3. The lowest BCUT2D eigenvalue weighted by atomic mass is 10.1. The third-order valence-corrected chi connectivity index (χ3v) is 5.65. The van der Waals surface area contributed by atoms with Gasteiger partial charge in [-0.25, -0.2) is 9.78 Å². The highest BCUT2D eigenvalue weighted by atomic mass is 32.1. The van der Waals surface area contributed by atoms with Gasteiger partial charge in [-0.3, -0.25) is 4.79 Å². The van der Waals surface area contributed by atoms with Gasteiger partial charge in [-0.1, -0.05) is 31.2 Å². The number of amides is 1. The number of nitrogens with one attached hydrogen (secondary N) is 1. The van der Waals surface area contributed by atoms with Crippen molar-refractivity contribution in [1.82, 2.24) is 4.98 Å². The summed E-state index contributed by atoms with van der Waals surface area (Å²) in [5, 5.41) is 5.47. The first-order chi connectivity index (χ1) is 15.0. The predicted octanol–water partition coefficient (Wildman–Crippen LogP) is 4.36. The monoisotopic (exact) mass is 440 g/mol. The zero-order valence-electron chi connectivity index (χ0n) is 17.9. The molecule has 0 atom stereocenters. The van der Waals surface area contributed by atoms with Crippen molar-refractivity contribution in [1.29, 1.82) is 0 Å². The van der Waals surface area contributed by atoms with Gasteiger partial charge in [0.1, 0.15) is 5.01 Å². The molecule has 0 aliphatic heterocycles. The van der Waals surface area contributed by atoms with E-state index in [0.717, 1.165) is 17.0 Å². The Morgan fingerprint density at radius 2 is 1.71 bits per heavy atom. The van der Waals surface area contributed by atoms with E-state index in [1.807, 2.05) is 17.5 Å². The minimum absolute atomic E-state index is 0.0680. The van der Waals surface area contributed by atoms with Crippen LogP contribution in [-0.2, 0) is 22.4 Å². The SMILES string of the molecule is CCc1ccc(-c2nc(CC(=O)Nc3cc(OC)c(OC)cc3C(=O)OC)cs2)cc1. The first-order valence-corrected chi connectivity index (χ1v) is 10.5. The Kier molecular flexibility index (Phi) is 7.25. The van der Waals surface area contributed by atoms with Crippen molar-refractivity contribution in [3.05, 3.63) is 58.6 Å². The molecule has 2 aromatic carbocycles. The number of nitrogens with zero attached hydrogens (tertiary/aromatic N) is 1. The standard InChI is InChI=1S/C23H24N2O5S/c1-5-14-6-8-15(9-7-14)22-24-16(13-31-22)10-21(26)25-18-12-20(29-3)19(28-2)11-17(18)23(27)30-4/h6-9,11-13H,5,10H2,1-4H3,(H,25,26). The van der Waals surface area contributed by atoms with Crippen molar-refractivity contribution in [2.75, 3.05) is 26.6 Å². The van der Waals surface area contributed by atoms with Crippen LogP contribution in [0.15, 0.2) is 41.8 Å². The lowest BCUT2D eigenvalue weighted by Gasteiger charge is -2.14. The fourth-order valence-corrected chi connectivity index (χ4v) is 3.85. The van der Waals surface area contributed by atoms with Crippen molar-refractivity contribution in [2.45, 2.75) is 19.8 Å². The summed E-state index contributed by atoms with van der Waals surface area (Å²) < 4.78 is 15.3. The van der Waals surface area contributed by atoms with E-state index in [-0.39, 0.29) is 23.6 Å². The van der Waals surface area contributed by atoms with Gasteiger partial charge in [0.2, 0.25) is 5.91 Å². The molecule has 7 nitrogen and oxygen atoms in total. The van der Waals surface area contributed by atoms with Crippen molar-refractivity contribution in [3.8, 4) is 22.1 Å². The van der Waals surface area contributed by atoms with Crippen LogP contribution in [0, 0.1) is 0 Å². The summed E-state index contributed by atoms with van der Waals surface area (Å²) in [6.07, 6.45) is 1.05. The number of methoxy groups -OCH3 is 3. The average molecular weight is 441 g/mol. The molecule has 0 spiro atoms. The molecular weight excluding hydrogens is 416 g/mol. The Bertz CT molecular complexity index is 1080. The zero-order valence-corrected chi connectivity index (χ0v) is 18.7. The molecule has 1 amide bonds. The highest BCUT2D eigenvalue weighted by Gasteiger charge is 2.19. The maximum Gasteiger partial charge on any atom is 0.340 e. The van der Waals surface area contributed by atoms with E-state index in [4.69, 9.17) is 14.2 Å². The Labute approximate surface area is 185 Å². The fourth-order valence-electron chi connectivity index (χ4n) is 3.02. The second kappa shape index (κ2) is 10.1. The number of aromatic nitrogens is 1. The average Bonchev–Trinajstić information content (AvgIpc) is 3.26. The number of thiazole rings is 1. The van der Waals surface area contributed by atoms with Crippen LogP contribution in [0.25, 0.3) is 10.6 Å². The molecule has 0 saturated heterocycles. The molecule has 0 aliphatic rings. The van der Waals surface area contributed by atoms with Gasteiger partial charge in [0, 0.05) is 23.1 Å². The summed E-state index contributed by atoms with van der Waals surface area (Å²) in [5.74, 6) is -0.158. The van der Waals surface area contributed by atoms with E-state index in [1.54, 1.807) is 0 Å². The van der Waals surface area contributed by atoms with Crippen LogP contribution < -0.4 is 14.8 Å². The molecule has 3 rings (SSSR count). The Morgan fingerprint density at radius 1 is 1.03 bits per heavy atom. The molecule has 1 N–H and O–H groups in total.